The fraction of sp³-hybridized carbons (Fsp3) is 0.292. The molecule has 4 rings (SSSR count). The summed E-state index contributed by atoms with van der Waals surface area (Å²) in [4.78, 5) is 14.2. The van der Waals surface area contributed by atoms with Crippen LogP contribution in [0.5, 0.6) is 0 Å². The molecule has 0 aliphatic carbocycles. The van der Waals surface area contributed by atoms with E-state index in [-0.39, 0.29) is 25.8 Å². The van der Waals surface area contributed by atoms with Crippen LogP contribution in [0.15, 0.2) is 53.4 Å². The number of aromatic nitrogens is 2. The van der Waals surface area contributed by atoms with Crippen molar-refractivity contribution in [1.82, 2.24) is 10.2 Å². The van der Waals surface area contributed by atoms with Crippen molar-refractivity contribution < 1.29 is 18.3 Å². The van der Waals surface area contributed by atoms with Gasteiger partial charge in [0.25, 0.3) is 10.0 Å². The molecule has 2 heterocycles. The first-order chi connectivity index (χ1) is 16.8. The number of hydrogen-bond donors (Lipinski definition) is 1. The standard InChI is InChI=1S/C24H23Cl3N4O4S/c1-24(2,3)22(23(32)33)31(36(34,35)18-12-15(25)11-16(26)13-18)17-4-5-19-14(10-17)8-9-30(19)21-7-6-20(27)28-29-21/h4-7,10-13,22H,8-9H2,1-3H3,(H,32,33). The predicted octanol–water partition coefficient (Wildman–Crippen LogP) is 5.83. The summed E-state index contributed by atoms with van der Waals surface area (Å²) in [5.74, 6) is -0.681. The summed E-state index contributed by atoms with van der Waals surface area (Å²) in [7, 11) is -4.38. The highest BCUT2D eigenvalue weighted by atomic mass is 35.5. The largest absolute Gasteiger partial charge is 0.480 e. The van der Waals surface area contributed by atoms with E-state index in [2.05, 4.69) is 10.2 Å². The summed E-state index contributed by atoms with van der Waals surface area (Å²) in [6, 6.07) is 10.9. The lowest BCUT2D eigenvalue weighted by Gasteiger charge is -2.38. The average molecular weight is 570 g/mol. The van der Waals surface area contributed by atoms with Gasteiger partial charge in [-0.15, -0.1) is 10.2 Å². The van der Waals surface area contributed by atoms with Crippen LogP contribution >= 0.6 is 34.8 Å². The maximum Gasteiger partial charge on any atom is 0.328 e. The molecule has 190 valence electrons. The first-order valence-corrected chi connectivity index (χ1v) is 13.5. The molecule has 0 amide bonds. The van der Waals surface area contributed by atoms with Crippen molar-refractivity contribution in [2.24, 2.45) is 5.41 Å². The Balaban J connectivity index is 1.86. The topological polar surface area (TPSA) is 104 Å². The van der Waals surface area contributed by atoms with E-state index in [4.69, 9.17) is 34.8 Å². The molecule has 0 radical (unpaired) electrons. The van der Waals surface area contributed by atoms with Gasteiger partial charge in [-0.05, 0) is 65.9 Å². The normalized spacial score (nSPS) is 14.4. The van der Waals surface area contributed by atoms with Gasteiger partial charge in [-0.25, -0.2) is 13.2 Å². The molecule has 2 aromatic carbocycles. The van der Waals surface area contributed by atoms with Crippen LogP contribution in [0.25, 0.3) is 0 Å². The second kappa shape index (κ2) is 9.70. The van der Waals surface area contributed by atoms with E-state index >= 15 is 0 Å². The number of halogens is 3. The zero-order valence-corrected chi connectivity index (χ0v) is 22.7. The first kappa shape index (κ1) is 26.5. The Morgan fingerprint density at radius 2 is 1.69 bits per heavy atom. The lowest BCUT2D eigenvalue weighted by Crippen LogP contribution is -2.52. The Hall–Kier alpha value is -2.59. The van der Waals surface area contributed by atoms with Crippen molar-refractivity contribution in [2.45, 2.75) is 38.1 Å². The molecule has 0 spiro atoms. The van der Waals surface area contributed by atoms with Gasteiger partial charge in [-0.2, -0.15) is 0 Å². The second-order valence-electron chi connectivity index (χ2n) is 9.44. The van der Waals surface area contributed by atoms with E-state index in [1.165, 1.54) is 18.2 Å². The van der Waals surface area contributed by atoms with Crippen LogP contribution in [0.4, 0.5) is 17.2 Å². The third kappa shape index (κ3) is 5.11. The van der Waals surface area contributed by atoms with Crippen LogP contribution in [-0.2, 0) is 21.2 Å². The summed E-state index contributed by atoms with van der Waals surface area (Å²) < 4.78 is 28.9. The number of aliphatic carboxylic acids is 1. The van der Waals surface area contributed by atoms with E-state index in [0.717, 1.165) is 15.6 Å². The van der Waals surface area contributed by atoms with Gasteiger partial charge in [0.05, 0.1) is 10.6 Å². The van der Waals surface area contributed by atoms with Crippen LogP contribution < -0.4 is 9.21 Å². The van der Waals surface area contributed by atoms with Gasteiger partial charge in [-0.1, -0.05) is 55.6 Å². The van der Waals surface area contributed by atoms with Crippen molar-refractivity contribution in [3.05, 3.63) is 69.3 Å². The number of sulfonamides is 1. The van der Waals surface area contributed by atoms with Gasteiger partial charge < -0.3 is 10.0 Å². The van der Waals surface area contributed by atoms with Crippen LogP contribution in [-0.4, -0.2) is 42.3 Å². The maximum atomic E-state index is 14.0. The van der Waals surface area contributed by atoms with Gasteiger partial charge in [-0.3, -0.25) is 4.31 Å². The minimum Gasteiger partial charge on any atom is -0.480 e. The third-order valence-electron chi connectivity index (χ3n) is 5.79. The second-order valence-corrected chi connectivity index (χ2v) is 12.5. The summed E-state index contributed by atoms with van der Waals surface area (Å²) in [6.07, 6.45) is 0.595. The van der Waals surface area contributed by atoms with Gasteiger partial charge in [0.1, 0.15) is 6.04 Å². The van der Waals surface area contributed by atoms with Crippen molar-refractivity contribution in [3.63, 3.8) is 0 Å². The van der Waals surface area contributed by atoms with Crippen molar-refractivity contribution in [1.29, 1.82) is 0 Å². The van der Waals surface area contributed by atoms with Crippen LogP contribution in [0, 0.1) is 5.41 Å². The Kier molecular flexibility index (Phi) is 7.13. The van der Waals surface area contributed by atoms with E-state index in [0.29, 0.717) is 18.8 Å². The lowest BCUT2D eigenvalue weighted by molar-refractivity contribution is -0.140. The number of fused-ring (bicyclic) bond motifs is 1. The molecular formula is C24H23Cl3N4O4S. The fourth-order valence-electron chi connectivity index (χ4n) is 4.26. The molecule has 1 unspecified atom stereocenters. The third-order valence-corrected chi connectivity index (χ3v) is 8.20. The molecule has 0 fully saturated rings. The van der Waals surface area contributed by atoms with E-state index in [9.17, 15) is 18.3 Å². The molecule has 12 heteroatoms. The summed E-state index contributed by atoms with van der Waals surface area (Å²) in [5.41, 5.74) is 0.926. The molecule has 1 atom stereocenters. The predicted molar refractivity (Wildman–Crippen MR) is 141 cm³/mol. The fourth-order valence-corrected chi connectivity index (χ4v) is 6.87. The van der Waals surface area contributed by atoms with E-state index in [1.807, 2.05) is 4.90 Å². The van der Waals surface area contributed by atoms with Crippen molar-refractivity contribution in [3.8, 4) is 0 Å². The highest BCUT2D eigenvalue weighted by molar-refractivity contribution is 7.93. The Morgan fingerprint density at radius 3 is 2.25 bits per heavy atom. The Morgan fingerprint density at radius 1 is 1.03 bits per heavy atom. The summed E-state index contributed by atoms with van der Waals surface area (Å²) >= 11 is 18.0. The molecule has 0 saturated heterocycles. The number of carbonyl (C=O) groups is 1. The Labute approximate surface area is 224 Å². The highest BCUT2D eigenvalue weighted by Crippen LogP contribution is 2.40. The number of benzene rings is 2. The molecule has 3 aromatic rings. The quantitative estimate of drug-likeness (QED) is 0.398. The highest BCUT2D eigenvalue weighted by Gasteiger charge is 2.44. The molecule has 1 aromatic heterocycles. The molecule has 1 aliphatic rings. The number of anilines is 3. The van der Waals surface area contributed by atoms with Gasteiger partial charge >= 0.3 is 5.97 Å². The molecule has 1 N–H and O–H groups in total. The van der Waals surface area contributed by atoms with E-state index < -0.39 is 27.4 Å². The lowest BCUT2D eigenvalue weighted by atomic mass is 9.86. The number of carboxylic acids is 1. The molecule has 36 heavy (non-hydrogen) atoms. The Bertz CT molecular complexity index is 1410. The minimum absolute atomic E-state index is 0.123. The first-order valence-electron chi connectivity index (χ1n) is 10.9. The zero-order chi connectivity index (χ0) is 26.4. The molecule has 8 nitrogen and oxygen atoms in total. The molecular weight excluding hydrogens is 547 g/mol. The zero-order valence-electron chi connectivity index (χ0n) is 19.6. The van der Waals surface area contributed by atoms with E-state index in [1.54, 1.807) is 51.1 Å². The molecule has 0 bridgehead atoms. The average Bonchev–Trinajstić information content (AvgIpc) is 3.19. The SMILES string of the molecule is CC(C)(C)C(C(=O)O)N(c1ccc2c(c1)CCN2c1ccc(Cl)nn1)S(=O)(=O)c1cc(Cl)cc(Cl)c1. The monoisotopic (exact) mass is 568 g/mol. The minimum atomic E-state index is -4.38. The smallest absolute Gasteiger partial charge is 0.328 e. The number of hydrogen-bond acceptors (Lipinski definition) is 6. The summed E-state index contributed by atoms with van der Waals surface area (Å²) in [5, 5.41) is 18.7. The van der Waals surface area contributed by atoms with Crippen molar-refractivity contribution >= 4 is 68.0 Å². The maximum absolute atomic E-state index is 14.0. The van der Waals surface area contributed by atoms with Crippen molar-refractivity contribution in [2.75, 3.05) is 15.7 Å². The van der Waals surface area contributed by atoms with Gasteiger partial charge in [0, 0.05) is 22.3 Å². The van der Waals surface area contributed by atoms with Gasteiger partial charge in [0.2, 0.25) is 0 Å². The summed E-state index contributed by atoms with van der Waals surface area (Å²) in [6.45, 7) is 5.61. The van der Waals surface area contributed by atoms with Crippen LogP contribution in [0.3, 0.4) is 0 Å². The van der Waals surface area contributed by atoms with Gasteiger partial charge in [0.15, 0.2) is 11.0 Å². The molecule has 1 aliphatic heterocycles. The molecule has 0 saturated carbocycles. The number of rotatable bonds is 6. The number of nitrogens with zero attached hydrogens (tertiary/aromatic N) is 4. The van der Waals surface area contributed by atoms with Crippen LogP contribution in [0.2, 0.25) is 15.2 Å². The number of carboxylic acid groups (broad SMARTS) is 1. The van der Waals surface area contributed by atoms with Crippen LogP contribution in [0.1, 0.15) is 26.3 Å².